The molecule has 2 unspecified atom stereocenters. The van der Waals surface area contributed by atoms with Gasteiger partial charge >= 0.3 is 0 Å². The summed E-state index contributed by atoms with van der Waals surface area (Å²) in [6.07, 6.45) is 14.0. The summed E-state index contributed by atoms with van der Waals surface area (Å²) < 4.78 is 6.31. The van der Waals surface area contributed by atoms with Gasteiger partial charge < -0.3 is 19.9 Å². The minimum Gasteiger partial charge on any atom is -0.482 e. The number of hydrogen-bond donors (Lipinski definition) is 1. The number of ether oxygens (including phenoxy) is 1. The first-order valence-electron chi connectivity index (χ1n) is 17.1. The molecule has 2 aromatic rings. The van der Waals surface area contributed by atoms with Crippen LogP contribution in [0.1, 0.15) is 91.3 Å². The van der Waals surface area contributed by atoms with Gasteiger partial charge in [-0.2, -0.15) is 0 Å². The number of piperazine rings is 1. The van der Waals surface area contributed by atoms with Crippen LogP contribution in [0.3, 0.4) is 0 Å². The third-order valence-electron chi connectivity index (χ3n) is 10.2. The van der Waals surface area contributed by atoms with Crippen LogP contribution < -0.4 is 5.32 Å². The van der Waals surface area contributed by atoms with Crippen LogP contribution in [-0.2, 0) is 16.1 Å². The number of aryl methyl sites for hydroxylation is 1. The first-order chi connectivity index (χ1) is 21.5. The topological polar surface area (TPSA) is 65.1 Å². The van der Waals surface area contributed by atoms with Gasteiger partial charge in [-0.3, -0.25) is 14.5 Å². The van der Waals surface area contributed by atoms with E-state index in [-0.39, 0.29) is 24.0 Å². The lowest BCUT2D eigenvalue weighted by Crippen LogP contribution is -2.54. The second-order valence-corrected chi connectivity index (χ2v) is 13.3. The molecule has 2 saturated carbocycles. The van der Waals surface area contributed by atoms with E-state index in [4.69, 9.17) is 4.74 Å². The average molecular weight is 599 g/mol. The molecule has 2 aliphatic heterocycles. The first-order valence-corrected chi connectivity index (χ1v) is 17.1. The maximum atomic E-state index is 13.7. The van der Waals surface area contributed by atoms with E-state index in [0.717, 1.165) is 68.9 Å². The van der Waals surface area contributed by atoms with Gasteiger partial charge in [0.05, 0.1) is 6.04 Å². The largest absolute Gasteiger partial charge is 0.482 e. The molecule has 2 amide bonds. The molecule has 0 bridgehead atoms. The summed E-state index contributed by atoms with van der Waals surface area (Å²) in [4.78, 5) is 33.8. The molecule has 1 N–H and O–H groups in total. The smallest absolute Gasteiger partial charge is 0.289 e. The van der Waals surface area contributed by atoms with Crippen LogP contribution in [0, 0.1) is 6.92 Å². The molecule has 2 aromatic carbocycles. The van der Waals surface area contributed by atoms with Crippen molar-refractivity contribution in [1.82, 2.24) is 20.0 Å². The van der Waals surface area contributed by atoms with E-state index in [2.05, 4.69) is 46.3 Å². The number of amides is 2. The molecule has 2 aliphatic carbocycles. The molecule has 6 rings (SSSR count). The molecule has 0 spiro atoms. The Bertz CT molecular complexity index is 1290. The molecule has 7 heteroatoms. The lowest BCUT2D eigenvalue weighted by atomic mass is 9.89. The minimum atomic E-state index is -0.0503. The Balaban J connectivity index is 0.989. The highest BCUT2D eigenvalue weighted by Gasteiger charge is 2.41. The predicted octanol–water partition coefficient (Wildman–Crippen LogP) is 5.78. The van der Waals surface area contributed by atoms with E-state index < -0.39 is 0 Å². The van der Waals surface area contributed by atoms with Crippen molar-refractivity contribution in [2.75, 3.05) is 39.3 Å². The highest BCUT2D eigenvalue weighted by atomic mass is 16.5. The highest BCUT2D eigenvalue weighted by Crippen LogP contribution is 2.34. The van der Waals surface area contributed by atoms with E-state index in [9.17, 15) is 9.59 Å². The number of hydrogen-bond acceptors (Lipinski definition) is 5. The second kappa shape index (κ2) is 14.7. The van der Waals surface area contributed by atoms with Gasteiger partial charge in [-0.25, -0.2) is 0 Å². The summed E-state index contributed by atoms with van der Waals surface area (Å²) in [6, 6.07) is 16.8. The number of nitrogens with one attached hydrogen (secondary N) is 1. The average Bonchev–Trinajstić information content (AvgIpc) is 3.06. The lowest BCUT2D eigenvalue weighted by Gasteiger charge is -2.44. The van der Waals surface area contributed by atoms with E-state index >= 15 is 0 Å². The lowest BCUT2D eigenvalue weighted by molar-refractivity contribution is -0.149. The third kappa shape index (κ3) is 7.73. The summed E-state index contributed by atoms with van der Waals surface area (Å²) in [5, 5.41) is 3.09. The molecular weight excluding hydrogens is 548 g/mol. The first kappa shape index (κ1) is 30.8. The van der Waals surface area contributed by atoms with Gasteiger partial charge in [-0.05, 0) is 81.3 Å². The summed E-state index contributed by atoms with van der Waals surface area (Å²) in [7, 11) is 0. The summed E-state index contributed by atoms with van der Waals surface area (Å²) >= 11 is 0. The Morgan fingerprint density at radius 3 is 2.45 bits per heavy atom. The van der Waals surface area contributed by atoms with Gasteiger partial charge in [0.15, 0.2) is 5.76 Å². The number of rotatable bonds is 9. The number of benzene rings is 2. The fourth-order valence-corrected chi connectivity index (χ4v) is 7.66. The third-order valence-corrected chi connectivity index (χ3v) is 10.2. The maximum absolute atomic E-state index is 13.7. The molecule has 4 aliphatic rings. The Morgan fingerprint density at radius 2 is 1.68 bits per heavy atom. The van der Waals surface area contributed by atoms with E-state index in [1.807, 2.05) is 35.2 Å². The monoisotopic (exact) mass is 598 g/mol. The van der Waals surface area contributed by atoms with E-state index in [1.165, 1.54) is 50.8 Å². The summed E-state index contributed by atoms with van der Waals surface area (Å²) in [5.41, 5.74) is 3.85. The molecule has 2 saturated heterocycles. The zero-order chi connectivity index (χ0) is 30.3. The van der Waals surface area contributed by atoms with Gasteiger partial charge in [-0.1, -0.05) is 67.6 Å². The van der Waals surface area contributed by atoms with Crippen molar-refractivity contribution in [2.24, 2.45) is 0 Å². The zero-order valence-electron chi connectivity index (χ0n) is 26.5. The standard InChI is InChI=1S/C37H50N4O3/c1-28-9-7-10-30(25-28)27-41-33-13-5-6-14-34(33)44-35(37(41)43)26-29-15-17-31(18-16-29)36(42)38-19-8-20-39-21-23-40(24-22-39)32-11-3-2-4-12-32/h7,9-10,15-18,25-26,32-34H,2-6,8,11-14,19-24,27H2,1H3,(H,38,42)/b35-26+. The fraction of sp³-hybridized carbons (Fsp3) is 0.568. The Hall–Kier alpha value is -3.16. The number of carbonyl (C=O) groups excluding carboxylic acids is 2. The molecular formula is C37H50N4O3. The Morgan fingerprint density at radius 1 is 0.932 bits per heavy atom. The minimum absolute atomic E-state index is 0.0309. The summed E-state index contributed by atoms with van der Waals surface area (Å²) in [6.45, 7) is 9.03. The molecule has 4 fully saturated rings. The van der Waals surface area contributed by atoms with Crippen LogP contribution in [0.5, 0.6) is 0 Å². The SMILES string of the molecule is Cc1cccc(CN2C(=O)/C(=C\c3ccc(C(=O)NCCCN4CCN(C5CCCCC5)CC4)cc3)OC3CCCCC32)c1. The van der Waals surface area contributed by atoms with Gasteiger partial charge in [-0.15, -0.1) is 0 Å². The number of carbonyl (C=O) groups is 2. The Labute approximate surface area is 263 Å². The molecule has 0 aromatic heterocycles. The molecule has 44 heavy (non-hydrogen) atoms. The van der Waals surface area contributed by atoms with Crippen LogP contribution in [0.2, 0.25) is 0 Å². The van der Waals surface area contributed by atoms with Crippen molar-refractivity contribution in [3.05, 3.63) is 76.5 Å². The van der Waals surface area contributed by atoms with Crippen molar-refractivity contribution in [1.29, 1.82) is 0 Å². The van der Waals surface area contributed by atoms with Crippen molar-refractivity contribution < 1.29 is 14.3 Å². The predicted molar refractivity (Wildman–Crippen MR) is 175 cm³/mol. The molecule has 2 heterocycles. The van der Waals surface area contributed by atoms with Crippen molar-refractivity contribution in [3.8, 4) is 0 Å². The van der Waals surface area contributed by atoms with Crippen molar-refractivity contribution in [3.63, 3.8) is 0 Å². The van der Waals surface area contributed by atoms with Crippen LogP contribution in [0.25, 0.3) is 6.08 Å². The zero-order valence-corrected chi connectivity index (χ0v) is 26.5. The van der Waals surface area contributed by atoms with Gasteiger partial charge in [0.2, 0.25) is 0 Å². The van der Waals surface area contributed by atoms with Crippen LogP contribution in [-0.4, -0.2) is 84.0 Å². The fourth-order valence-electron chi connectivity index (χ4n) is 7.66. The molecule has 7 nitrogen and oxygen atoms in total. The molecule has 0 radical (unpaired) electrons. The van der Waals surface area contributed by atoms with Gasteiger partial charge in [0.1, 0.15) is 6.10 Å². The maximum Gasteiger partial charge on any atom is 0.289 e. The normalized spacial score (nSPS) is 24.6. The highest BCUT2D eigenvalue weighted by molar-refractivity contribution is 5.97. The number of nitrogens with zero attached hydrogens (tertiary/aromatic N) is 3. The Kier molecular flexibility index (Phi) is 10.3. The van der Waals surface area contributed by atoms with E-state index in [0.29, 0.717) is 24.4 Å². The molecule has 236 valence electrons. The van der Waals surface area contributed by atoms with Crippen LogP contribution in [0.4, 0.5) is 0 Å². The van der Waals surface area contributed by atoms with Crippen LogP contribution in [0.15, 0.2) is 54.3 Å². The van der Waals surface area contributed by atoms with Crippen LogP contribution >= 0.6 is 0 Å². The van der Waals surface area contributed by atoms with E-state index in [1.54, 1.807) is 0 Å². The molecule has 2 atom stereocenters. The van der Waals surface area contributed by atoms with Crippen molar-refractivity contribution in [2.45, 2.75) is 95.9 Å². The quantitative estimate of drug-likeness (QED) is 0.293. The summed E-state index contributed by atoms with van der Waals surface area (Å²) in [5.74, 6) is 0.301. The number of fused-ring (bicyclic) bond motifs is 1. The van der Waals surface area contributed by atoms with Gasteiger partial charge in [0.25, 0.3) is 11.8 Å². The van der Waals surface area contributed by atoms with Gasteiger partial charge in [0, 0.05) is 50.9 Å². The number of morpholine rings is 1. The second-order valence-electron chi connectivity index (χ2n) is 13.3. The van der Waals surface area contributed by atoms with Crippen molar-refractivity contribution >= 4 is 17.9 Å².